The second-order valence-electron chi connectivity index (χ2n) is 13.6. The minimum Gasteiger partial charge on any atom is -1.00 e. The number of hydrogen-bond acceptors (Lipinski definition) is 0. The molecular formula is C41H42Cl4Zr. The number of unbranched alkanes of at least 4 members (excludes halogenated alkanes) is 1. The Kier molecular flexibility index (Phi) is 12.3. The molecule has 0 aliphatic heterocycles. The van der Waals surface area contributed by atoms with Gasteiger partial charge in [0.25, 0.3) is 0 Å². The summed E-state index contributed by atoms with van der Waals surface area (Å²) in [6.45, 7) is 14.0. The molecule has 0 amide bonds. The number of allylic oxidation sites excluding steroid dienone is 4. The van der Waals surface area contributed by atoms with Gasteiger partial charge in [0.15, 0.2) is 0 Å². The van der Waals surface area contributed by atoms with Crippen molar-refractivity contribution < 1.29 is 46.1 Å². The molecule has 2 aliphatic carbocycles. The van der Waals surface area contributed by atoms with Crippen molar-refractivity contribution in [1.82, 2.24) is 0 Å². The largest absolute Gasteiger partial charge is 1.00 e. The molecule has 0 spiro atoms. The molecule has 4 aromatic carbocycles. The van der Waals surface area contributed by atoms with E-state index in [-0.39, 0.29) is 30.2 Å². The average Bonchev–Trinajstić information content (AvgIpc) is 3.58. The Balaban J connectivity index is 0.00000240. The van der Waals surface area contributed by atoms with Gasteiger partial charge in [0.1, 0.15) is 0 Å². The fourth-order valence-electron chi connectivity index (χ4n) is 6.99. The Hall–Kier alpha value is -1.73. The van der Waals surface area contributed by atoms with Gasteiger partial charge in [0.2, 0.25) is 0 Å². The van der Waals surface area contributed by atoms with Gasteiger partial charge in [0.05, 0.1) is 0 Å². The molecule has 0 bridgehead atoms. The van der Waals surface area contributed by atoms with E-state index >= 15 is 0 Å². The zero-order valence-electron chi connectivity index (χ0n) is 27.6. The van der Waals surface area contributed by atoms with Gasteiger partial charge in [-0.25, -0.2) is 0 Å². The molecule has 0 N–H and O–H groups in total. The van der Waals surface area contributed by atoms with E-state index in [4.69, 9.17) is 23.2 Å². The Morgan fingerprint density at radius 1 is 0.804 bits per heavy atom. The summed E-state index contributed by atoms with van der Waals surface area (Å²) in [5, 5.41) is 1.55. The second kappa shape index (κ2) is 15.2. The third kappa shape index (κ3) is 7.46. The molecule has 0 nitrogen and oxygen atoms in total. The number of fused-ring (bicyclic) bond motifs is 3. The van der Waals surface area contributed by atoms with Crippen LogP contribution in [-0.2, 0) is 27.7 Å². The smallest absolute Gasteiger partial charge is 1.00 e. The van der Waals surface area contributed by atoms with Crippen molar-refractivity contribution in [2.24, 2.45) is 11.3 Å². The molecule has 0 saturated carbocycles. The van der Waals surface area contributed by atoms with E-state index in [1.807, 2.05) is 0 Å². The quantitative estimate of drug-likeness (QED) is 0.209. The summed E-state index contributed by atoms with van der Waals surface area (Å²) in [4.78, 5) is 0. The Labute approximate surface area is 306 Å². The summed E-state index contributed by atoms with van der Waals surface area (Å²) in [6, 6.07) is 29.0. The molecule has 1 unspecified atom stereocenters. The molecule has 6 rings (SSSR count). The zero-order chi connectivity index (χ0) is 31.2. The first-order chi connectivity index (χ1) is 21.0. The summed E-state index contributed by atoms with van der Waals surface area (Å²) in [7, 11) is 0. The van der Waals surface area contributed by atoms with E-state index in [9.17, 15) is 0 Å². The summed E-state index contributed by atoms with van der Waals surface area (Å²) < 4.78 is 4.87. The molecule has 0 aromatic heterocycles. The van der Waals surface area contributed by atoms with Crippen LogP contribution < -0.4 is 28.1 Å². The van der Waals surface area contributed by atoms with Gasteiger partial charge < -0.3 is 24.8 Å². The molecular weight excluding hydrogens is 725 g/mol. The van der Waals surface area contributed by atoms with E-state index in [0.717, 1.165) is 16.5 Å². The van der Waals surface area contributed by atoms with Crippen molar-refractivity contribution in [2.75, 3.05) is 0 Å². The number of hydrogen-bond donors (Lipinski definition) is 0. The van der Waals surface area contributed by atoms with Crippen LogP contribution in [0.5, 0.6) is 0 Å². The molecule has 238 valence electrons. The van der Waals surface area contributed by atoms with E-state index in [1.54, 1.807) is 12.1 Å². The first-order valence-corrected chi connectivity index (χ1v) is 20.4. The molecule has 4 aromatic rings. The van der Waals surface area contributed by atoms with Crippen LogP contribution in [0, 0.1) is 25.2 Å². The molecule has 46 heavy (non-hydrogen) atoms. The van der Waals surface area contributed by atoms with Crippen molar-refractivity contribution >= 4 is 29.7 Å². The SMILES string of the molecule is CCCCC1C=C(C(C)(C)C)C=[C]1[Zr+2](=[C](c1ccc(Cl)cc1)c1ccc(Cl)cc1)[c]1c(C)ccc2c1Cc1cc(C)ccc1-2.[Cl-].[Cl-]. The van der Waals surface area contributed by atoms with Crippen LogP contribution in [0.1, 0.15) is 80.3 Å². The summed E-state index contributed by atoms with van der Waals surface area (Å²) >= 11 is 10.1. The van der Waals surface area contributed by atoms with E-state index in [2.05, 4.69) is 133 Å². The van der Waals surface area contributed by atoms with Crippen LogP contribution in [0.3, 0.4) is 0 Å². The number of rotatable bonds is 7. The second-order valence-corrected chi connectivity index (χ2v) is 20.2. The Morgan fingerprint density at radius 3 is 1.96 bits per heavy atom. The van der Waals surface area contributed by atoms with Crippen molar-refractivity contribution in [2.45, 2.75) is 67.2 Å². The number of benzene rings is 4. The average molecular weight is 768 g/mol. The first-order valence-electron chi connectivity index (χ1n) is 16.0. The number of aryl methyl sites for hydroxylation is 2. The van der Waals surface area contributed by atoms with Gasteiger partial charge in [-0.1, -0.05) is 0 Å². The Bertz CT molecular complexity index is 1770. The van der Waals surface area contributed by atoms with Gasteiger partial charge in [-0.15, -0.1) is 0 Å². The van der Waals surface area contributed by atoms with Gasteiger partial charge in [-0.2, -0.15) is 0 Å². The van der Waals surface area contributed by atoms with Crippen LogP contribution in [0.15, 0.2) is 99.9 Å². The van der Waals surface area contributed by atoms with Crippen LogP contribution >= 0.6 is 23.2 Å². The predicted molar refractivity (Wildman–Crippen MR) is 189 cm³/mol. The molecule has 0 fully saturated rings. The minimum atomic E-state index is -2.92. The Morgan fingerprint density at radius 2 is 1.39 bits per heavy atom. The van der Waals surface area contributed by atoms with E-state index in [0.29, 0.717) is 5.92 Å². The molecule has 5 heteroatoms. The summed E-state index contributed by atoms with van der Waals surface area (Å²) in [5.74, 6) is 0.467. The van der Waals surface area contributed by atoms with Crippen LogP contribution in [-0.4, -0.2) is 3.21 Å². The van der Waals surface area contributed by atoms with Gasteiger partial charge in [0, 0.05) is 0 Å². The summed E-state index contributed by atoms with van der Waals surface area (Å²) in [5.41, 5.74) is 12.8. The maximum Gasteiger partial charge on any atom is -1.00 e. The van der Waals surface area contributed by atoms with Crippen molar-refractivity contribution in [3.05, 3.63) is 143 Å². The molecule has 1 atom stereocenters. The fourth-order valence-corrected chi connectivity index (χ4v) is 16.2. The monoisotopic (exact) mass is 764 g/mol. The third-order valence-electron chi connectivity index (χ3n) is 9.32. The first kappa shape index (κ1) is 37.1. The molecule has 0 heterocycles. The predicted octanol–water partition coefficient (Wildman–Crippen LogP) is 5.38. The standard InChI is InChI=1S/C15H13.C13H8Cl2.C13H21.2ClH.Zr/c1-10-3-5-14-12(7-10)9-13-8-11(2)4-6-15(13)14;14-12-5-1-10(2-6-12)9-11-3-7-13(15)8-4-11;1-5-6-7-11-8-9-12(10-11)13(2,3)4;;;/h3-7H,9H2,1-2H3;1-8H;9-11H,5-7H2,1-4H3;2*1H;/q;;;;;+2/p-2. The maximum absolute atomic E-state index is 6.49. The zero-order valence-corrected chi connectivity index (χ0v) is 33.1. The van der Waals surface area contributed by atoms with E-state index in [1.165, 1.54) is 67.0 Å². The van der Waals surface area contributed by atoms with Gasteiger partial charge >= 0.3 is 284 Å². The van der Waals surface area contributed by atoms with Crippen molar-refractivity contribution in [3.8, 4) is 11.1 Å². The minimum absolute atomic E-state index is 0. The third-order valence-corrected chi connectivity index (χ3v) is 18.1. The number of halogens is 4. The fraction of sp³-hybridized carbons (Fsp3) is 0.293. The van der Waals surface area contributed by atoms with Crippen molar-refractivity contribution in [3.63, 3.8) is 0 Å². The van der Waals surface area contributed by atoms with Crippen molar-refractivity contribution in [1.29, 1.82) is 0 Å². The maximum atomic E-state index is 6.49. The molecule has 0 radical (unpaired) electrons. The van der Waals surface area contributed by atoms with Gasteiger partial charge in [-0.3, -0.25) is 0 Å². The topological polar surface area (TPSA) is 0 Å². The van der Waals surface area contributed by atoms with Crippen LogP contribution in [0.4, 0.5) is 0 Å². The molecule has 2 aliphatic rings. The van der Waals surface area contributed by atoms with E-state index < -0.39 is 21.3 Å². The van der Waals surface area contributed by atoms with Crippen LogP contribution in [0.25, 0.3) is 11.1 Å². The summed E-state index contributed by atoms with van der Waals surface area (Å²) in [6.07, 6.45) is 9.93. The molecule has 0 saturated heterocycles. The normalized spacial score (nSPS) is 14.6. The van der Waals surface area contributed by atoms with Gasteiger partial charge in [-0.05, 0) is 0 Å². The van der Waals surface area contributed by atoms with Crippen LogP contribution in [0.2, 0.25) is 10.0 Å².